The molecule has 0 radical (unpaired) electrons. The Balaban J connectivity index is 1.23. The average molecular weight is 423 g/mol. The highest BCUT2D eigenvalue weighted by Gasteiger charge is 2.20. The van der Waals surface area contributed by atoms with Crippen LogP contribution in [0.4, 0.5) is 5.82 Å². The van der Waals surface area contributed by atoms with Gasteiger partial charge in [-0.1, -0.05) is 6.07 Å². The molecule has 31 heavy (non-hydrogen) atoms. The number of fused-ring (bicyclic) bond motifs is 1. The number of amides is 1. The second-order valence-corrected chi connectivity index (χ2v) is 8.18. The summed E-state index contributed by atoms with van der Waals surface area (Å²) in [5.41, 5.74) is 2.96. The van der Waals surface area contributed by atoms with E-state index in [9.17, 15) is 4.79 Å². The first kappa shape index (κ1) is 21.2. The zero-order valence-electron chi connectivity index (χ0n) is 18.5. The van der Waals surface area contributed by atoms with E-state index in [2.05, 4.69) is 48.2 Å². The lowest BCUT2D eigenvalue weighted by atomic mass is 10.1. The van der Waals surface area contributed by atoms with Crippen LogP contribution in [0.25, 0.3) is 5.78 Å². The number of rotatable bonds is 7. The van der Waals surface area contributed by atoms with Crippen LogP contribution in [0.5, 0.6) is 0 Å². The van der Waals surface area contributed by atoms with E-state index in [1.165, 1.54) is 6.33 Å². The summed E-state index contributed by atoms with van der Waals surface area (Å²) >= 11 is 0. The molecule has 1 fully saturated rings. The molecule has 0 aliphatic carbocycles. The minimum absolute atomic E-state index is 0.0668. The molecule has 1 saturated heterocycles. The lowest BCUT2D eigenvalue weighted by molar-refractivity contribution is -0.121. The van der Waals surface area contributed by atoms with Crippen LogP contribution in [0.3, 0.4) is 0 Å². The first-order valence-corrected chi connectivity index (χ1v) is 10.8. The van der Waals surface area contributed by atoms with Gasteiger partial charge in [-0.15, -0.1) is 0 Å². The van der Waals surface area contributed by atoms with Gasteiger partial charge in [0.25, 0.3) is 5.78 Å². The number of piperazine rings is 1. The molecule has 0 bridgehead atoms. The molecule has 1 unspecified atom stereocenters. The highest BCUT2D eigenvalue weighted by Crippen LogP contribution is 2.15. The molecule has 9 nitrogen and oxygen atoms in total. The Morgan fingerprint density at radius 1 is 1.16 bits per heavy atom. The van der Waals surface area contributed by atoms with Crippen LogP contribution < -0.4 is 10.2 Å². The van der Waals surface area contributed by atoms with Crippen molar-refractivity contribution < 1.29 is 4.79 Å². The van der Waals surface area contributed by atoms with E-state index in [1.807, 2.05) is 32.2 Å². The maximum Gasteiger partial charge on any atom is 0.252 e. The Morgan fingerprint density at radius 3 is 2.71 bits per heavy atom. The predicted molar refractivity (Wildman–Crippen MR) is 119 cm³/mol. The molecule has 0 aromatic carbocycles. The number of aryl methyl sites for hydroxylation is 2. The van der Waals surface area contributed by atoms with Crippen LogP contribution in [0.1, 0.15) is 30.3 Å². The van der Waals surface area contributed by atoms with E-state index in [4.69, 9.17) is 0 Å². The topological polar surface area (TPSA) is 91.5 Å². The molecule has 1 aliphatic heterocycles. The molecule has 1 amide bonds. The summed E-state index contributed by atoms with van der Waals surface area (Å²) in [6.45, 7) is 10.7. The Bertz CT molecular complexity index is 1030. The van der Waals surface area contributed by atoms with Crippen molar-refractivity contribution in [2.24, 2.45) is 0 Å². The van der Waals surface area contributed by atoms with Crippen LogP contribution in [-0.2, 0) is 11.2 Å². The van der Waals surface area contributed by atoms with Crippen LogP contribution in [0, 0.1) is 13.8 Å². The number of carbonyl (C=O) groups excluding carboxylic acids is 1. The fraction of sp³-hybridized carbons (Fsp3) is 0.500. The molecule has 1 aliphatic rings. The monoisotopic (exact) mass is 422 g/mol. The van der Waals surface area contributed by atoms with Crippen LogP contribution >= 0.6 is 0 Å². The number of hydrogen-bond donors (Lipinski definition) is 1. The molecule has 0 spiro atoms. The summed E-state index contributed by atoms with van der Waals surface area (Å²) in [6.07, 6.45) is 4.41. The standard InChI is InChI=1S/C22H30N8O/c1-16(14-28-10-12-29(13-11-28)20-6-4-5-9-23-20)26-21(31)8-7-19-17(2)27-22-24-15-25-30(22)18(19)3/h4-6,9,15-16H,7-8,10-14H2,1-3H3,(H,26,31). The van der Waals surface area contributed by atoms with E-state index in [0.717, 1.165) is 55.5 Å². The van der Waals surface area contributed by atoms with Crippen molar-refractivity contribution in [2.75, 3.05) is 37.6 Å². The Hall–Kier alpha value is -3.07. The van der Waals surface area contributed by atoms with Crippen molar-refractivity contribution in [3.05, 3.63) is 47.7 Å². The van der Waals surface area contributed by atoms with Crippen molar-refractivity contribution in [1.82, 2.24) is 34.8 Å². The van der Waals surface area contributed by atoms with Crippen molar-refractivity contribution in [2.45, 2.75) is 39.7 Å². The van der Waals surface area contributed by atoms with E-state index in [-0.39, 0.29) is 11.9 Å². The minimum atomic E-state index is 0.0668. The van der Waals surface area contributed by atoms with E-state index in [0.29, 0.717) is 18.6 Å². The molecule has 4 heterocycles. The van der Waals surface area contributed by atoms with Gasteiger partial charge < -0.3 is 10.2 Å². The number of anilines is 1. The molecule has 1 atom stereocenters. The van der Waals surface area contributed by atoms with Gasteiger partial charge in [-0.2, -0.15) is 10.1 Å². The van der Waals surface area contributed by atoms with Gasteiger partial charge in [0.15, 0.2) is 0 Å². The number of pyridine rings is 1. The van der Waals surface area contributed by atoms with Gasteiger partial charge in [-0.3, -0.25) is 9.69 Å². The van der Waals surface area contributed by atoms with Crippen molar-refractivity contribution >= 4 is 17.5 Å². The number of carbonyl (C=O) groups is 1. The normalized spacial score (nSPS) is 15.9. The maximum atomic E-state index is 12.5. The molecular weight excluding hydrogens is 392 g/mol. The maximum absolute atomic E-state index is 12.5. The summed E-state index contributed by atoms with van der Waals surface area (Å²) in [4.78, 5) is 30.3. The summed E-state index contributed by atoms with van der Waals surface area (Å²) in [6, 6.07) is 6.12. The van der Waals surface area contributed by atoms with Crippen molar-refractivity contribution in [1.29, 1.82) is 0 Å². The number of nitrogens with zero attached hydrogens (tertiary/aromatic N) is 7. The molecular formula is C22H30N8O. The number of aromatic nitrogens is 5. The Labute approximate surface area is 182 Å². The third kappa shape index (κ3) is 4.99. The molecule has 0 saturated carbocycles. The lowest BCUT2D eigenvalue weighted by Gasteiger charge is -2.36. The van der Waals surface area contributed by atoms with E-state index >= 15 is 0 Å². The third-order valence-electron chi connectivity index (χ3n) is 5.88. The first-order valence-electron chi connectivity index (χ1n) is 10.8. The smallest absolute Gasteiger partial charge is 0.252 e. The fourth-order valence-corrected chi connectivity index (χ4v) is 4.24. The second-order valence-electron chi connectivity index (χ2n) is 8.18. The fourth-order valence-electron chi connectivity index (χ4n) is 4.24. The molecule has 4 rings (SSSR count). The van der Waals surface area contributed by atoms with Crippen molar-refractivity contribution in [3.63, 3.8) is 0 Å². The highest BCUT2D eigenvalue weighted by molar-refractivity contribution is 5.76. The van der Waals surface area contributed by atoms with Crippen molar-refractivity contribution in [3.8, 4) is 0 Å². The predicted octanol–water partition coefficient (Wildman–Crippen LogP) is 1.40. The molecule has 3 aromatic rings. The largest absolute Gasteiger partial charge is 0.354 e. The first-order chi connectivity index (χ1) is 15.0. The SMILES string of the molecule is Cc1nc2ncnn2c(C)c1CCC(=O)NC(C)CN1CCN(c2ccccn2)CC1. The quantitative estimate of drug-likeness (QED) is 0.615. The van der Waals surface area contributed by atoms with Gasteiger partial charge in [-0.05, 0) is 44.9 Å². The third-order valence-corrected chi connectivity index (χ3v) is 5.88. The second kappa shape index (κ2) is 9.38. The summed E-state index contributed by atoms with van der Waals surface area (Å²) in [5.74, 6) is 1.70. The number of hydrogen-bond acceptors (Lipinski definition) is 7. The van der Waals surface area contributed by atoms with E-state index < -0.39 is 0 Å². The van der Waals surface area contributed by atoms with Gasteiger partial charge in [0.1, 0.15) is 12.1 Å². The Morgan fingerprint density at radius 2 is 1.97 bits per heavy atom. The van der Waals surface area contributed by atoms with Gasteiger partial charge in [0.05, 0.1) is 0 Å². The van der Waals surface area contributed by atoms with E-state index in [1.54, 1.807) is 4.52 Å². The highest BCUT2D eigenvalue weighted by atomic mass is 16.1. The van der Waals surface area contributed by atoms with Gasteiger partial charge in [-0.25, -0.2) is 14.5 Å². The van der Waals surface area contributed by atoms with Crippen LogP contribution in [0.15, 0.2) is 30.7 Å². The summed E-state index contributed by atoms with van der Waals surface area (Å²) < 4.78 is 1.73. The molecule has 164 valence electrons. The van der Waals surface area contributed by atoms with Crippen LogP contribution in [-0.4, -0.2) is 74.1 Å². The molecule has 9 heteroatoms. The minimum Gasteiger partial charge on any atom is -0.354 e. The van der Waals surface area contributed by atoms with Crippen LogP contribution in [0.2, 0.25) is 0 Å². The lowest BCUT2D eigenvalue weighted by Crippen LogP contribution is -2.51. The Kier molecular flexibility index (Phi) is 6.41. The zero-order valence-corrected chi connectivity index (χ0v) is 18.5. The van der Waals surface area contributed by atoms with Gasteiger partial charge in [0, 0.05) is 62.8 Å². The average Bonchev–Trinajstić information content (AvgIpc) is 3.23. The van der Waals surface area contributed by atoms with Gasteiger partial charge >= 0.3 is 0 Å². The summed E-state index contributed by atoms with van der Waals surface area (Å²) in [7, 11) is 0. The molecule has 3 aromatic heterocycles. The number of nitrogens with one attached hydrogen (secondary N) is 1. The molecule has 1 N–H and O–H groups in total. The summed E-state index contributed by atoms with van der Waals surface area (Å²) in [5, 5.41) is 7.36. The zero-order chi connectivity index (χ0) is 21.8. The van der Waals surface area contributed by atoms with Gasteiger partial charge in [0.2, 0.25) is 5.91 Å².